The Morgan fingerprint density at radius 3 is 2.40 bits per heavy atom. The highest BCUT2D eigenvalue weighted by Gasteiger charge is 2.31. The first-order chi connectivity index (χ1) is 9.37. The van der Waals surface area contributed by atoms with Gasteiger partial charge in [0, 0.05) is 18.2 Å². The van der Waals surface area contributed by atoms with Crippen molar-refractivity contribution >= 4 is 0 Å². The largest absolute Gasteiger partial charge is 0.401 e. The molecule has 0 amide bonds. The van der Waals surface area contributed by atoms with Crippen molar-refractivity contribution in [2.24, 2.45) is 0 Å². The molecule has 0 fully saturated rings. The van der Waals surface area contributed by atoms with Crippen LogP contribution in [0, 0.1) is 5.82 Å². The lowest BCUT2D eigenvalue weighted by Gasteiger charge is -2.28. The van der Waals surface area contributed by atoms with Crippen LogP contribution in [0.5, 0.6) is 0 Å². The fourth-order valence-electron chi connectivity index (χ4n) is 2.17. The van der Waals surface area contributed by atoms with Crippen LogP contribution in [0.25, 0.3) is 0 Å². The molecule has 0 aliphatic carbocycles. The Morgan fingerprint density at radius 1 is 1.25 bits per heavy atom. The Hall–Kier alpha value is -1.14. The van der Waals surface area contributed by atoms with Gasteiger partial charge in [-0.25, -0.2) is 4.39 Å². The minimum absolute atomic E-state index is 0.116. The molecule has 20 heavy (non-hydrogen) atoms. The molecule has 0 aliphatic heterocycles. The molecule has 0 saturated carbocycles. The predicted molar refractivity (Wildman–Crippen MR) is 71.0 cm³/mol. The Kier molecular flexibility index (Phi) is 6.42. The summed E-state index contributed by atoms with van der Waals surface area (Å²) in [5.74, 6) is -0.407. The second kappa shape index (κ2) is 7.59. The van der Waals surface area contributed by atoms with Gasteiger partial charge in [-0.15, -0.1) is 0 Å². The minimum Gasteiger partial charge on any atom is -0.312 e. The summed E-state index contributed by atoms with van der Waals surface area (Å²) in [5.41, 5.74) is 0.387. The van der Waals surface area contributed by atoms with Gasteiger partial charge in [-0.05, 0) is 26.1 Å². The highest BCUT2D eigenvalue weighted by atomic mass is 19.4. The molecule has 0 radical (unpaired) electrons. The van der Waals surface area contributed by atoms with Gasteiger partial charge in [0.05, 0.1) is 6.54 Å². The van der Waals surface area contributed by atoms with Crippen molar-refractivity contribution in [3.63, 3.8) is 0 Å². The summed E-state index contributed by atoms with van der Waals surface area (Å²) in [4.78, 5) is 1.30. The maximum atomic E-state index is 13.7. The summed E-state index contributed by atoms with van der Waals surface area (Å²) >= 11 is 0. The van der Waals surface area contributed by atoms with Gasteiger partial charge in [0.1, 0.15) is 5.82 Å². The molecule has 1 N–H and O–H groups in total. The molecule has 0 spiro atoms. The van der Waals surface area contributed by atoms with Crippen LogP contribution in [-0.4, -0.2) is 37.8 Å². The lowest BCUT2D eigenvalue weighted by Crippen LogP contribution is -2.40. The predicted octanol–water partition coefficient (Wildman–Crippen LogP) is 3.36. The highest BCUT2D eigenvalue weighted by molar-refractivity contribution is 5.21. The number of likely N-dealkylation sites (N-methyl/N-ethyl adjacent to an activating group) is 1. The number of rotatable bonds is 7. The molecule has 0 bridgehead atoms. The van der Waals surface area contributed by atoms with Gasteiger partial charge in [0.25, 0.3) is 0 Å². The maximum absolute atomic E-state index is 13.7. The molecule has 114 valence electrons. The van der Waals surface area contributed by atoms with Gasteiger partial charge in [-0.1, -0.05) is 25.1 Å². The highest BCUT2D eigenvalue weighted by Crippen LogP contribution is 2.21. The lowest BCUT2D eigenvalue weighted by molar-refractivity contribution is -0.146. The second-order valence-corrected chi connectivity index (χ2v) is 4.71. The van der Waals surface area contributed by atoms with E-state index in [1.165, 1.54) is 11.0 Å². The molecular weight excluding hydrogens is 272 g/mol. The molecule has 1 unspecified atom stereocenters. The van der Waals surface area contributed by atoms with Crippen LogP contribution in [0.2, 0.25) is 0 Å². The summed E-state index contributed by atoms with van der Waals surface area (Å²) in [6.45, 7) is 1.28. The molecule has 1 aromatic carbocycles. The van der Waals surface area contributed by atoms with Crippen molar-refractivity contribution in [2.45, 2.75) is 25.6 Å². The van der Waals surface area contributed by atoms with Gasteiger partial charge in [-0.3, -0.25) is 4.90 Å². The zero-order valence-corrected chi connectivity index (χ0v) is 11.7. The van der Waals surface area contributed by atoms with Crippen LogP contribution >= 0.6 is 0 Å². The number of nitrogens with zero attached hydrogens (tertiary/aromatic N) is 1. The SMILES string of the molecule is CCCN(CC(NC)c1ccccc1F)CC(F)(F)F. The molecule has 1 aromatic rings. The Morgan fingerprint density at radius 2 is 1.90 bits per heavy atom. The third-order valence-corrected chi connectivity index (χ3v) is 3.01. The van der Waals surface area contributed by atoms with Crippen molar-refractivity contribution in [1.82, 2.24) is 10.2 Å². The summed E-state index contributed by atoms with van der Waals surface area (Å²) < 4.78 is 51.3. The lowest BCUT2D eigenvalue weighted by atomic mass is 10.1. The number of hydrogen-bond donors (Lipinski definition) is 1. The summed E-state index contributed by atoms with van der Waals surface area (Å²) in [7, 11) is 1.62. The zero-order valence-electron chi connectivity index (χ0n) is 11.7. The fraction of sp³-hybridized carbons (Fsp3) is 0.571. The third-order valence-electron chi connectivity index (χ3n) is 3.01. The standard InChI is InChI=1S/C14H20F4N2/c1-3-8-20(10-14(16,17)18)9-13(19-2)11-6-4-5-7-12(11)15/h4-7,13,19H,3,8-10H2,1-2H3. The molecule has 0 heterocycles. The first-order valence-corrected chi connectivity index (χ1v) is 6.58. The summed E-state index contributed by atoms with van der Waals surface area (Å²) in [6, 6.07) is 5.67. The van der Waals surface area contributed by atoms with Crippen LogP contribution in [0.15, 0.2) is 24.3 Å². The van der Waals surface area contributed by atoms with Crippen molar-refractivity contribution in [2.75, 3.05) is 26.7 Å². The number of nitrogens with one attached hydrogen (secondary N) is 1. The van der Waals surface area contributed by atoms with E-state index in [9.17, 15) is 17.6 Å². The number of hydrogen-bond acceptors (Lipinski definition) is 2. The maximum Gasteiger partial charge on any atom is 0.401 e. The molecule has 0 aromatic heterocycles. The first kappa shape index (κ1) is 16.9. The Bertz CT molecular complexity index is 406. The minimum atomic E-state index is -4.25. The van der Waals surface area contributed by atoms with Gasteiger partial charge < -0.3 is 5.32 Å². The molecule has 0 saturated heterocycles. The van der Waals surface area contributed by atoms with E-state index in [0.29, 0.717) is 18.5 Å². The van der Waals surface area contributed by atoms with Gasteiger partial charge in [0.2, 0.25) is 0 Å². The van der Waals surface area contributed by atoms with Gasteiger partial charge in [0.15, 0.2) is 0 Å². The monoisotopic (exact) mass is 292 g/mol. The Balaban J connectivity index is 2.81. The van der Waals surface area contributed by atoms with E-state index in [1.54, 1.807) is 25.2 Å². The summed E-state index contributed by atoms with van der Waals surface area (Å²) in [6.07, 6.45) is -3.63. The van der Waals surface area contributed by atoms with Gasteiger partial charge >= 0.3 is 6.18 Å². The van der Waals surface area contributed by atoms with E-state index in [2.05, 4.69) is 5.32 Å². The van der Waals surface area contributed by atoms with Crippen LogP contribution in [0.1, 0.15) is 24.9 Å². The van der Waals surface area contributed by atoms with Crippen LogP contribution in [-0.2, 0) is 0 Å². The number of halogens is 4. The van der Waals surface area contributed by atoms with E-state index in [0.717, 1.165) is 0 Å². The molecule has 1 atom stereocenters. The Labute approximate surface area is 116 Å². The van der Waals surface area contributed by atoms with Gasteiger partial charge in [-0.2, -0.15) is 13.2 Å². The number of benzene rings is 1. The molecular formula is C14H20F4N2. The third kappa shape index (κ3) is 5.46. The average Bonchev–Trinajstić information content (AvgIpc) is 2.35. The molecule has 6 heteroatoms. The quantitative estimate of drug-likeness (QED) is 0.775. The van der Waals surface area contributed by atoms with E-state index in [-0.39, 0.29) is 6.54 Å². The van der Waals surface area contributed by atoms with Crippen LogP contribution in [0.4, 0.5) is 17.6 Å². The average molecular weight is 292 g/mol. The fourth-order valence-corrected chi connectivity index (χ4v) is 2.17. The van der Waals surface area contributed by atoms with E-state index < -0.39 is 24.6 Å². The van der Waals surface area contributed by atoms with Crippen LogP contribution < -0.4 is 5.32 Å². The normalized spacial score (nSPS) is 13.8. The first-order valence-electron chi connectivity index (χ1n) is 6.58. The van der Waals surface area contributed by atoms with Crippen molar-refractivity contribution < 1.29 is 17.6 Å². The van der Waals surface area contributed by atoms with E-state index in [4.69, 9.17) is 0 Å². The molecule has 1 rings (SSSR count). The van der Waals surface area contributed by atoms with E-state index >= 15 is 0 Å². The van der Waals surface area contributed by atoms with Crippen molar-refractivity contribution in [3.05, 3.63) is 35.6 Å². The second-order valence-electron chi connectivity index (χ2n) is 4.71. The van der Waals surface area contributed by atoms with Crippen molar-refractivity contribution in [3.8, 4) is 0 Å². The molecule has 0 aliphatic rings. The van der Waals surface area contributed by atoms with Crippen LogP contribution in [0.3, 0.4) is 0 Å². The smallest absolute Gasteiger partial charge is 0.312 e. The zero-order chi connectivity index (χ0) is 15.2. The summed E-state index contributed by atoms with van der Waals surface area (Å²) in [5, 5.41) is 2.88. The topological polar surface area (TPSA) is 15.3 Å². The van der Waals surface area contributed by atoms with Crippen molar-refractivity contribution in [1.29, 1.82) is 0 Å². The van der Waals surface area contributed by atoms with E-state index in [1.807, 2.05) is 6.92 Å². The molecule has 2 nitrogen and oxygen atoms in total. The number of alkyl halides is 3.